The van der Waals surface area contributed by atoms with Crippen LogP contribution >= 0.6 is 0 Å². The van der Waals surface area contributed by atoms with E-state index >= 15 is 0 Å². The molecule has 1 atom stereocenters. The van der Waals surface area contributed by atoms with E-state index in [4.69, 9.17) is 5.11 Å². The van der Waals surface area contributed by atoms with Crippen molar-refractivity contribution < 1.29 is 29.1 Å². The van der Waals surface area contributed by atoms with E-state index in [9.17, 15) is 24.0 Å². The molecule has 1 saturated heterocycles. The second kappa shape index (κ2) is 11.2. The van der Waals surface area contributed by atoms with E-state index in [1.807, 2.05) is 6.07 Å². The average molecular weight is 547 g/mol. The summed E-state index contributed by atoms with van der Waals surface area (Å²) in [6, 6.07) is 8.26. The van der Waals surface area contributed by atoms with Crippen molar-refractivity contribution in [2.24, 2.45) is 0 Å². The fourth-order valence-electron chi connectivity index (χ4n) is 6.33. The molecule has 1 aliphatic carbocycles. The molecule has 0 radical (unpaired) electrons. The molecular formula is C30H34N4O6. The molecule has 2 aromatic carbocycles. The zero-order valence-corrected chi connectivity index (χ0v) is 22.8. The monoisotopic (exact) mass is 546 g/mol. The van der Waals surface area contributed by atoms with Crippen LogP contribution in [0.3, 0.4) is 0 Å². The molecule has 5 amide bonds. The number of nitrogens with zero attached hydrogens (tertiary/aromatic N) is 2. The number of benzene rings is 2. The van der Waals surface area contributed by atoms with Crippen LogP contribution in [-0.4, -0.2) is 59.7 Å². The van der Waals surface area contributed by atoms with Crippen LogP contribution in [-0.2, 0) is 20.8 Å². The highest BCUT2D eigenvalue weighted by Crippen LogP contribution is 2.43. The summed E-state index contributed by atoms with van der Waals surface area (Å²) >= 11 is 0. The van der Waals surface area contributed by atoms with E-state index in [0.717, 1.165) is 54.6 Å². The Morgan fingerprint density at radius 1 is 0.875 bits per heavy atom. The fraction of sp³-hybridized carbons (Fsp3) is 0.433. The number of amides is 5. The molecule has 3 aliphatic heterocycles. The molecule has 0 spiro atoms. The summed E-state index contributed by atoms with van der Waals surface area (Å²) in [6.07, 6.45) is 7.07. The van der Waals surface area contributed by atoms with Gasteiger partial charge in [-0.1, -0.05) is 31.4 Å². The van der Waals surface area contributed by atoms with Gasteiger partial charge in [-0.15, -0.1) is 0 Å². The Balaban J connectivity index is 0.00000158. The zero-order chi connectivity index (χ0) is 28.6. The van der Waals surface area contributed by atoms with Gasteiger partial charge >= 0.3 is 0 Å². The Bertz CT molecular complexity index is 1400. The third-order valence-corrected chi connectivity index (χ3v) is 8.38. The van der Waals surface area contributed by atoms with Crippen molar-refractivity contribution >= 4 is 46.6 Å². The van der Waals surface area contributed by atoms with E-state index in [1.165, 1.54) is 12.0 Å². The second-order valence-corrected chi connectivity index (χ2v) is 10.7. The first-order chi connectivity index (χ1) is 19.3. The Morgan fingerprint density at radius 3 is 2.35 bits per heavy atom. The van der Waals surface area contributed by atoms with Crippen LogP contribution in [0.25, 0.3) is 0 Å². The smallest absolute Gasteiger partial charge is 0.264 e. The van der Waals surface area contributed by atoms with Gasteiger partial charge in [0.15, 0.2) is 0 Å². The topological polar surface area (TPSA) is 136 Å². The number of fused-ring (bicyclic) bond motifs is 2. The number of aliphatic hydroxyl groups excluding tert-OH is 1. The highest BCUT2D eigenvalue weighted by molar-refractivity contribution is 6.25. The van der Waals surface area contributed by atoms with Gasteiger partial charge in [0.25, 0.3) is 11.8 Å². The molecule has 10 nitrogen and oxygen atoms in total. The third-order valence-electron chi connectivity index (χ3n) is 8.38. The quantitative estimate of drug-likeness (QED) is 0.500. The molecule has 2 fully saturated rings. The van der Waals surface area contributed by atoms with E-state index in [-0.39, 0.29) is 29.9 Å². The Labute approximate surface area is 232 Å². The van der Waals surface area contributed by atoms with Gasteiger partial charge in [-0.3, -0.25) is 34.2 Å². The molecule has 210 valence electrons. The maximum absolute atomic E-state index is 13.6. The first-order valence-electron chi connectivity index (χ1n) is 13.8. The molecular weight excluding hydrogens is 512 g/mol. The first kappa shape index (κ1) is 27.5. The minimum absolute atomic E-state index is 0.0649. The summed E-state index contributed by atoms with van der Waals surface area (Å²) in [5, 5.41) is 12.7. The molecule has 1 saturated carbocycles. The zero-order valence-electron chi connectivity index (χ0n) is 22.8. The summed E-state index contributed by atoms with van der Waals surface area (Å²) in [6.45, 7) is 0. The number of carbonyl (C=O) groups excluding carboxylic acids is 5. The van der Waals surface area contributed by atoms with Gasteiger partial charge in [-0.25, -0.2) is 0 Å². The Morgan fingerprint density at radius 2 is 1.62 bits per heavy atom. The summed E-state index contributed by atoms with van der Waals surface area (Å²) in [4.78, 5) is 66.1. The van der Waals surface area contributed by atoms with Gasteiger partial charge in [-0.2, -0.15) is 0 Å². The van der Waals surface area contributed by atoms with Gasteiger partial charge in [0.05, 0.1) is 16.8 Å². The number of anilines is 3. The fourth-order valence-corrected chi connectivity index (χ4v) is 6.33. The predicted octanol–water partition coefficient (Wildman–Crippen LogP) is 3.40. The van der Waals surface area contributed by atoms with Crippen LogP contribution in [0.5, 0.6) is 0 Å². The van der Waals surface area contributed by atoms with Crippen molar-refractivity contribution in [2.75, 3.05) is 24.4 Å². The van der Waals surface area contributed by atoms with E-state index in [0.29, 0.717) is 24.4 Å². The van der Waals surface area contributed by atoms with Crippen molar-refractivity contribution in [2.45, 2.75) is 69.7 Å². The lowest BCUT2D eigenvalue weighted by atomic mass is 9.81. The van der Waals surface area contributed by atoms with Crippen molar-refractivity contribution in [1.82, 2.24) is 10.2 Å². The number of hydrogen-bond donors (Lipinski definition) is 3. The standard InChI is InChI=1S/C29H30N4O5.CH4O/c1-32-23-15-21(19(16-6-3-2-4-7-16)14-17(23)10-13-25(32)35)30-20-9-5-8-18-26(20)29(38)33(28(18)37)22-11-12-24(34)31-27(22)36;1-2/h5,8-9,14-16,22,30H,2-4,6-7,10-13H2,1H3,(H,31,34,36);2H,1H3. The maximum atomic E-state index is 13.6. The lowest BCUT2D eigenvalue weighted by Crippen LogP contribution is -2.54. The van der Waals surface area contributed by atoms with Crippen molar-refractivity contribution in [3.05, 3.63) is 52.6 Å². The number of piperidine rings is 1. The van der Waals surface area contributed by atoms with Crippen LogP contribution in [0.15, 0.2) is 30.3 Å². The van der Waals surface area contributed by atoms with E-state index in [2.05, 4.69) is 16.7 Å². The van der Waals surface area contributed by atoms with Crippen LogP contribution in [0.1, 0.15) is 89.1 Å². The summed E-state index contributed by atoms with van der Waals surface area (Å²) in [5.41, 5.74) is 4.92. The number of hydrogen-bond acceptors (Lipinski definition) is 7. The number of nitrogens with one attached hydrogen (secondary N) is 2. The highest BCUT2D eigenvalue weighted by atomic mass is 16.2. The molecule has 4 aliphatic rings. The van der Waals surface area contributed by atoms with Crippen LogP contribution in [0, 0.1) is 0 Å². The normalized spacial score (nSPS) is 21.0. The van der Waals surface area contributed by atoms with Crippen LogP contribution in [0.2, 0.25) is 0 Å². The molecule has 0 bridgehead atoms. The van der Waals surface area contributed by atoms with Crippen LogP contribution < -0.4 is 15.5 Å². The number of rotatable bonds is 4. The van der Waals surface area contributed by atoms with Gasteiger partial charge in [-0.05, 0) is 60.9 Å². The first-order valence-corrected chi connectivity index (χ1v) is 13.8. The van der Waals surface area contributed by atoms with Crippen molar-refractivity contribution in [3.8, 4) is 0 Å². The lowest BCUT2D eigenvalue weighted by molar-refractivity contribution is -0.136. The van der Waals surface area contributed by atoms with Gasteiger partial charge in [0.2, 0.25) is 17.7 Å². The molecule has 0 aromatic heterocycles. The number of aryl methyl sites for hydroxylation is 1. The summed E-state index contributed by atoms with van der Waals surface area (Å²) < 4.78 is 0. The Hall–Kier alpha value is -4.05. The van der Waals surface area contributed by atoms with Crippen molar-refractivity contribution in [1.29, 1.82) is 0 Å². The predicted molar refractivity (Wildman–Crippen MR) is 149 cm³/mol. The largest absolute Gasteiger partial charge is 0.400 e. The van der Waals surface area contributed by atoms with Gasteiger partial charge < -0.3 is 15.3 Å². The molecule has 3 N–H and O–H groups in total. The van der Waals surface area contributed by atoms with E-state index in [1.54, 1.807) is 30.1 Å². The molecule has 2 aromatic rings. The Kier molecular flexibility index (Phi) is 7.71. The van der Waals surface area contributed by atoms with Crippen LogP contribution in [0.4, 0.5) is 17.1 Å². The average Bonchev–Trinajstić information content (AvgIpc) is 3.22. The number of imide groups is 2. The minimum Gasteiger partial charge on any atom is -0.400 e. The van der Waals surface area contributed by atoms with E-state index < -0.39 is 29.7 Å². The minimum atomic E-state index is -1.02. The summed E-state index contributed by atoms with van der Waals surface area (Å²) in [7, 11) is 2.78. The number of aliphatic hydroxyl groups is 1. The van der Waals surface area contributed by atoms with Crippen molar-refractivity contribution in [3.63, 3.8) is 0 Å². The number of carbonyl (C=O) groups is 5. The molecule has 3 heterocycles. The molecule has 6 rings (SSSR count). The third kappa shape index (κ3) is 4.77. The SMILES string of the molecule is CN1C(=O)CCc2cc(C3CCCCC3)c(Nc3cccc4c3C(=O)N(C3CCC(=O)NC3=O)C4=O)cc21.CO. The second-order valence-electron chi connectivity index (χ2n) is 10.7. The van der Waals surface area contributed by atoms with Gasteiger partial charge in [0, 0.05) is 38.4 Å². The summed E-state index contributed by atoms with van der Waals surface area (Å²) in [5.74, 6) is -1.69. The lowest BCUT2D eigenvalue weighted by Gasteiger charge is -2.31. The maximum Gasteiger partial charge on any atom is 0.264 e. The van der Waals surface area contributed by atoms with Gasteiger partial charge in [0.1, 0.15) is 6.04 Å². The molecule has 10 heteroatoms. The molecule has 1 unspecified atom stereocenters. The highest BCUT2D eigenvalue weighted by Gasteiger charge is 2.45. The molecule has 40 heavy (non-hydrogen) atoms.